The van der Waals surface area contributed by atoms with Crippen molar-refractivity contribution in [3.8, 4) is 11.3 Å². The zero-order chi connectivity index (χ0) is 14.1. The highest BCUT2D eigenvalue weighted by Crippen LogP contribution is 2.25. The fraction of sp³-hybridized carbons (Fsp3) is 0.0769. The largest absolute Gasteiger partial charge is 0.364 e. The van der Waals surface area contributed by atoms with Gasteiger partial charge in [0.05, 0.1) is 0 Å². The molecule has 0 saturated heterocycles. The van der Waals surface area contributed by atoms with Gasteiger partial charge in [0, 0.05) is 17.7 Å². The van der Waals surface area contributed by atoms with Crippen LogP contribution < -0.4 is 5.73 Å². The first kappa shape index (κ1) is 12.5. The molecule has 1 unspecified atom stereocenters. The first-order valence-electron chi connectivity index (χ1n) is 5.73. The minimum absolute atomic E-state index is 0.346. The summed E-state index contributed by atoms with van der Waals surface area (Å²) < 4.78 is 35.8. The van der Waals surface area contributed by atoms with Gasteiger partial charge < -0.3 is 14.8 Å². The molecule has 0 fully saturated rings. The van der Waals surface area contributed by atoms with Crippen molar-refractivity contribution in [1.82, 2.24) is 10.3 Å². The van der Waals surface area contributed by atoms with Gasteiger partial charge >= 0.3 is 0 Å². The number of hydrogen-bond acceptors (Lipinski definition) is 5. The summed E-state index contributed by atoms with van der Waals surface area (Å²) in [5, 5.41) is 7.49. The maximum absolute atomic E-state index is 13.2. The van der Waals surface area contributed by atoms with E-state index in [0.717, 1.165) is 12.1 Å². The molecule has 5 nitrogen and oxygen atoms in total. The normalized spacial score (nSPS) is 12.6. The third-order valence-corrected chi connectivity index (χ3v) is 2.83. The summed E-state index contributed by atoms with van der Waals surface area (Å²) in [5.74, 6) is -1.52. The van der Waals surface area contributed by atoms with Crippen LogP contribution in [0.1, 0.15) is 17.5 Å². The summed E-state index contributed by atoms with van der Waals surface area (Å²) in [7, 11) is 0. The maximum atomic E-state index is 13.2. The number of nitrogens with two attached hydrogens (primary N) is 1. The van der Waals surface area contributed by atoms with Gasteiger partial charge in [0.15, 0.2) is 17.4 Å². The van der Waals surface area contributed by atoms with Crippen molar-refractivity contribution in [2.24, 2.45) is 5.73 Å². The minimum Gasteiger partial charge on any atom is -0.364 e. The highest BCUT2D eigenvalue weighted by atomic mass is 19.2. The molecule has 1 aromatic carbocycles. The Morgan fingerprint density at radius 3 is 2.60 bits per heavy atom. The van der Waals surface area contributed by atoms with Crippen molar-refractivity contribution in [1.29, 1.82) is 0 Å². The predicted octanol–water partition coefficient (Wildman–Crippen LogP) is 2.66. The van der Waals surface area contributed by atoms with Crippen LogP contribution in [-0.2, 0) is 0 Å². The number of nitrogens with zero attached hydrogens (tertiary/aromatic N) is 2. The molecule has 102 valence electrons. The first-order valence-corrected chi connectivity index (χ1v) is 5.73. The number of rotatable bonds is 3. The van der Waals surface area contributed by atoms with Crippen molar-refractivity contribution in [3.05, 3.63) is 59.7 Å². The standard InChI is InChI=1S/C13H9F2N3O2/c14-8-2-1-7(5-9(8)15)11-6-12(20-18-11)13(16)10-3-4-19-17-10/h1-6,13H,16H2. The van der Waals surface area contributed by atoms with E-state index in [0.29, 0.717) is 22.7 Å². The van der Waals surface area contributed by atoms with Crippen molar-refractivity contribution in [2.75, 3.05) is 0 Å². The lowest BCUT2D eigenvalue weighted by atomic mass is 10.1. The highest BCUT2D eigenvalue weighted by molar-refractivity contribution is 5.59. The molecular weight excluding hydrogens is 268 g/mol. The highest BCUT2D eigenvalue weighted by Gasteiger charge is 2.18. The third kappa shape index (κ3) is 2.19. The Labute approximate surface area is 112 Å². The van der Waals surface area contributed by atoms with Gasteiger partial charge in [-0.1, -0.05) is 10.3 Å². The molecule has 0 aliphatic carbocycles. The van der Waals surface area contributed by atoms with E-state index in [2.05, 4.69) is 10.3 Å². The summed E-state index contributed by atoms with van der Waals surface area (Å²) in [6.45, 7) is 0. The lowest BCUT2D eigenvalue weighted by Crippen LogP contribution is -2.11. The quantitative estimate of drug-likeness (QED) is 0.796. The van der Waals surface area contributed by atoms with Crippen LogP contribution in [-0.4, -0.2) is 10.3 Å². The molecule has 0 spiro atoms. The van der Waals surface area contributed by atoms with Crippen LogP contribution in [0.3, 0.4) is 0 Å². The molecular formula is C13H9F2N3O2. The third-order valence-electron chi connectivity index (χ3n) is 2.83. The second-order valence-electron chi connectivity index (χ2n) is 4.15. The number of benzene rings is 1. The average Bonchev–Trinajstić information content (AvgIpc) is 3.11. The number of hydrogen-bond donors (Lipinski definition) is 1. The van der Waals surface area contributed by atoms with Gasteiger partial charge in [-0.25, -0.2) is 8.78 Å². The predicted molar refractivity (Wildman–Crippen MR) is 64.4 cm³/mol. The van der Waals surface area contributed by atoms with Gasteiger partial charge in [-0.05, 0) is 18.2 Å². The summed E-state index contributed by atoms with van der Waals surface area (Å²) in [5.41, 5.74) is 7.15. The fourth-order valence-electron chi connectivity index (χ4n) is 1.76. The van der Waals surface area contributed by atoms with E-state index in [1.54, 1.807) is 12.1 Å². The number of aromatic nitrogens is 2. The van der Waals surface area contributed by atoms with E-state index in [4.69, 9.17) is 14.8 Å². The molecule has 3 rings (SSSR count). The van der Waals surface area contributed by atoms with Crippen molar-refractivity contribution in [2.45, 2.75) is 6.04 Å². The molecule has 0 saturated carbocycles. The van der Waals surface area contributed by atoms with E-state index < -0.39 is 17.7 Å². The second-order valence-corrected chi connectivity index (χ2v) is 4.15. The lowest BCUT2D eigenvalue weighted by molar-refractivity contribution is 0.363. The summed E-state index contributed by atoms with van der Waals surface area (Å²) in [6.07, 6.45) is 1.39. The van der Waals surface area contributed by atoms with Crippen molar-refractivity contribution < 1.29 is 17.8 Å². The van der Waals surface area contributed by atoms with Crippen LogP contribution in [0.2, 0.25) is 0 Å². The molecule has 0 aliphatic rings. The first-order chi connectivity index (χ1) is 9.65. The maximum Gasteiger partial charge on any atom is 0.160 e. The second kappa shape index (κ2) is 4.86. The molecule has 0 bridgehead atoms. The zero-order valence-corrected chi connectivity index (χ0v) is 10.1. The van der Waals surface area contributed by atoms with E-state index in [1.807, 2.05) is 0 Å². The fourth-order valence-corrected chi connectivity index (χ4v) is 1.76. The van der Waals surface area contributed by atoms with Crippen molar-refractivity contribution >= 4 is 0 Å². The SMILES string of the molecule is NC(c1ccon1)c1cc(-c2ccc(F)c(F)c2)no1. The van der Waals surface area contributed by atoms with Gasteiger partial charge in [-0.3, -0.25) is 0 Å². The summed E-state index contributed by atoms with van der Waals surface area (Å²) in [4.78, 5) is 0. The van der Waals surface area contributed by atoms with Crippen molar-refractivity contribution in [3.63, 3.8) is 0 Å². The molecule has 2 N–H and O–H groups in total. The zero-order valence-electron chi connectivity index (χ0n) is 10.1. The van der Waals surface area contributed by atoms with Crippen LogP contribution in [0.5, 0.6) is 0 Å². The van der Waals surface area contributed by atoms with Crippen LogP contribution >= 0.6 is 0 Å². The molecule has 0 radical (unpaired) electrons. The molecule has 3 aromatic rings. The molecule has 1 atom stereocenters. The van der Waals surface area contributed by atoms with Gasteiger partial charge in [-0.2, -0.15) is 0 Å². The van der Waals surface area contributed by atoms with E-state index >= 15 is 0 Å². The number of halogens is 2. The molecule has 0 amide bonds. The van der Waals surface area contributed by atoms with E-state index in [9.17, 15) is 8.78 Å². The molecule has 2 aromatic heterocycles. The molecule has 2 heterocycles. The van der Waals surface area contributed by atoms with E-state index in [1.165, 1.54) is 12.3 Å². The van der Waals surface area contributed by atoms with Crippen LogP contribution in [0, 0.1) is 11.6 Å². The Bertz CT molecular complexity index is 725. The van der Waals surface area contributed by atoms with Gasteiger partial charge in [0.2, 0.25) is 0 Å². The molecule has 0 aliphatic heterocycles. The monoisotopic (exact) mass is 277 g/mol. The van der Waals surface area contributed by atoms with Gasteiger partial charge in [0.1, 0.15) is 23.7 Å². The Morgan fingerprint density at radius 1 is 1.05 bits per heavy atom. The lowest BCUT2D eigenvalue weighted by Gasteiger charge is -2.01. The molecule has 20 heavy (non-hydrogen) atoms. The minimum atomic E-state index is -0.951. The average molecular weight is 277 g/mol. The smallest absolute Gasteiger partial charge is 0.160 e. The van der Waals surface area contributed by atoms with Crippen LogP contribution in [0.15, 0.2) is 45.6 Å². The van der Waals surface area contributed by atoms with Gasteiger partial charge in [-0.15, -0.1) is 0 Å². The molecule has 7 heteroatoms. The van der Waals surface area contributed by atoms with Gasteiger partial charge in [0.25, 0.3) is 0 Å². The van der Waals surface area contributed by atoms with E-state index in [-0.39, 0.29) is 0 Å². The topological polar surface area (TPSA) is 78.1 Å². The van der Waals surface area contributed by atoms with Crippen LogP contribution in [0.25, 0.3) is 11.3 Å². The Kier molecular flexibility index (Phi) is 3.03. The summed E-state index contributed by atoms with van der Waals surface area (Å²) >= 11 is 0. The van der Waals surface area contributed by atoms with Crippen LogP contribution in [0.4, 0.5) is 8.78 Å². The Morgan fingerprint density at radius 2 is 1.90 bits per heavy atom. The Hall–Kier alpha value is -2.54. The Balaban J connectivity index is 1.92. The summed E-state index contributed by atoms with van der Waals surface area (Å²) in [6, 6.07) is 5.98.